The van der Waals surface area contributed by atoms with Gasteiger partial charge in [-0.05, 0) is 43.9 Å². The zero-order valence-corrected chi connectivity index (χ0v) is 9.97. The molecule has 1 atom stereocenters. The number of anilines is 1. The highest BCUT2D eigenvalue weighted by atomic mass is 19.1. The Morgan fingerprint density at radius 2 is 1.93 bits per heavy atom. The van der Waals surface area contributed by atoms with Crippen molar-refractivity contribution in [3.05, 3.63) is 29.6 Å². The highest BCUT2D eigenvalue weighted by Crippen LogP contribution is 2.18. The summed E-state index contributed by atoms with van der Waals surface area (Å²) in [4.78, 5) is 0. The van der Waals surface area contributed by atoms with Crippen LogP contribution >= 0.6 is 0 Å². The Kier molecular flexibility index (Phi) is 4.13. The van der Waals surface area contributed by atoms with Crippen LogP contribution < -0.4 is 5.32 Å². The molecular weight excluding hydrogens is 189 g/mol. The number of hydrogen-bond donors (Lipinski definition) is 1. The average molecular weight is 209 g/mol. The van der Waals surface area contributed by atoms with Gasteiger partial charge < -0.3 is 5.32 Å². The summed E-state index contributed by atoms with van der Waals surface area (Å²) in [5, 5.41) is 3.34. The van der Waals surface area contributed by atoms with E-state index in [0.29, 0.717) is 12.0 Å². The predicted octanol–water partition coefficient (Wildman–Crippen LogP) is 3.98. The van der Waals surface area contributed by atoms with Gasteiger partial charge in [0, 0.05) is 11.7 Å². The van der Waals surface area contributed by atoms with Crippen LogP contribution in [0.15, 0.2) is 18.2 Å². The first-order valence-electron chi connectivity index (χ1n) is 5.51. The molecule has 84 valence electrons. The lowest BCUT2D eigenvalue weighted by Crippen LogP contribution is -2.18. The second kappa shape index (κ2) is 5.15. The molecule has 1 N–H and O–H groups in total. The zero-order chi connectivity index (χ0) is 11.4. The van der Waals surface area contributed by atoms with Gasteiger partial charge in [0.1, 0.15) is 5.82 Å². The summed E-state index contributed by atoms with van der Waals surface area (Å²) in [5.74, 6) is 0.473. The molecule has 0 aliphatic rings. The van der Waals surface area contributed by atoms with Crippen LogP contribution in [0.3, 0.4) is 0 Å². The Hall–Kier alpha value is -1.05. The maximum Gasteiger partial charge on any atom is 0.125 e. The maximum absolute atomic E-state index is 13.0. The molecule has 1 rings (SSSR count). The van der Waals surface area contributed by atoms with Crippen LogP contribution in [0.2, 0.25) is 0 Å². The fourth-order valence-electron chi connectivity index (χ4n) is 1.78. The smallest absolute Gasteiger partial charge is 0.125 e. The molecule has 0 bridgehead atoms. The van der Waals surface area contributed by atoms with Crippen molar-refractivity contribution >= 4 is 5.69 Å². The van der Waals surface area contributed by atoms with Gasteiger partial charge in [0.15, 0.2) is 0 Å². The summed E-state index contributed by atoms with van der Waals surface area (Å²) in [6.45, 7) is 8.50. The minimum absolute atomic E-state index is 0.181. The number of halogens is 1. The molecule has 0 fully saturated rings. The maximum atomic E-state index is 13.0. The summed E-state index contributed by atoms with van der Waals surface area (Å²) in [7, 11) is 0. The van der Waals surface area contributed by atoms with Gasteiger partial charge in [-0.3, -0.25) is 0 Å². The molecule has 0 radical (unpaired) electrons. The molecule has 0 aliphatic carbocycles. The number of hydrogen-bond acceptors (Lipinski definition) is 1. The van der Waals surface area contributed by atoms with Gasteiger partial charge in [0.05, 0.1) is 0 Å². The Morgan fingerprint density at radius 3 is 2.53 bits per heavy atom. The highest BCUT2D eigenvalue weighted by molar-refractivity contribution is 5.51. The number of benzene rings is 1. The van der Waals surface area contributed by atoms with Crippen molar-refractivity contribution in [1.82, 2.24) is 0 Å². The van der Waals surface area contributed by atoms with E-state index in [1.165, 1.54) is 6.07 Å². The van der Waals surface area contributed by atoms with Gasteiger partial charge in [-0.2, -0.15) is 0 Å². The fourth-order valence-corrected chi connectivity index (χ4v) is 1.78. The normalized spacial score (nSPS) is 12.9. The van der Waals surface area contributed by atoms with Crippen molar-refractivity contribution < 1.29 is 4.39 Å². The van der Waals surface area contributed by atoms with E-state index in [0.717, 1.165) is 17.7 Å². The van der Waals surface area contributed by atoms with Crippen molar-refractivity contribution in [3.8, 4) is 0 Å². The lowest BCUT2D eigenvalue weighted by Gasteiger charge is -2.18. The molecule has 0 spiro atoms. The molecule has 1 aromatic rings. The molecule has 0 saturated carbocycles. The molecule has 0 heterocycles. The number of aryl methyl sites for hydroxylation is 1. The van der Waals surface area contributed by atoms with E-state index < -0.39 is 0 Å². The van der Waals surface area contributed by atoms with E-state index in [4.69, 9.17) is 0 Å². The van der Waals surface area contributed by atoms with Crippen molar-refractivity contribution in [3.63, 3.8) is 0 Å². The molecule has 1 aromatic carbocycles. The average Bonchev–Trinajstić information content (AvgIpc) is 2.10. The Labute approximate surface area is 91.7 Å². The predicted molar refractivity (Wildman–Crippen MR) is 63.7 cm³/mol. The monoisotopic (exact) mass is 209 g/mol. The van der Waals surface area contributed by atoms with Crippen molar-refractivity contribution in [2.24, 2.45) is 5.92 Å². The zero-order valence-electron chi connectivity index (χ0n) is 9.97. The molecule has 0 aromatic heterocycles. The van der Waals surface area contributed by atoms with Gasteiger partial charge in [0.25, 0.3) is 0 Å². The SMILES string of the molecule is Cc1ccc(F)cc1NC(C)CC(C)C. The van der Waals surface area contributed by atoms with Crippen LogP contribution in [0.4, 0.5) is 10.1 Å². The van der Waals surface area contributed by atoms with E-state index in [-0.39, 0.29) is 5.82 Å². The Morgan fingerprint density at radius 1 is 1.27 bits per heavy atom. The lowest BCUT2D eigenvalue weighted by molar-refractivity contribution is 0.539. The van der Waals surface area contributed by atoms with Crippen LogP contribution in [-0.2, 0) is 0 Å². The van der Waals surface area contributed by atoms with Gasteiger partial charge in [-0.1, -0.05) is 19.9 Å². The van der Waals surface area contributed by atoms with Crippen molar-refractivity contribution in [2.45, 2.75) is 40.2 Å². The van der Waals surface area contributed by atoms with Gasteiger partial charge in [-0.25, -0.2) is 4.39 Å². The second-order valence-corrected chi connectivity index (χ2v) is 4.63. The lowest BCUT2D eigenvalue weighted by atomic mass is 10.0. The Balaban J connectivity index is 2.67. The molecule has 2 heteroatoms. The van der Waals surface area contributed by atoms with Crippen LogP contribution in [0, 0.1) is 18.7 Å². The number of nitrogens with one attached hydrogen (secondary N) is 1. The minimum Gasteiger partial charge on any atom is -0.382 e. The molecule has 1 unspecified atom stereocenters. The minimum atomic E-state index is -0.181. The summed E-state index contributed by atoms with van der Waals surface area (Å²) < 4.78 is 13.0. The first kappa shape index (κ1) is 12.0. The summed E-state index contributed by atoms with van der Waals surface area (Å²) in [6, 6.07) is 5.24. The first-order valence-corrected chi connectivity index (χ1v) is 5.51. The quantitative estimate of drug-likeness (QED) is 0.791. The summed E-state index contributed by atoms with van der Waals surface area (Å²) in [5.41, 5.74) is 2.00. The summed E-state index contributed by atoms with van der Waals surface area (Å²) in [6.07, 6.45) is 1.09. The van der Waals surface area contributed by atoms with Gasteiger partial charge in [0.2, 0.25) is 0 Å². The van der Waals surface area contributed by atoms with Crippen molar-refractivity contribution in [1.29, 1.82) is 0 Å². The molecule has 0 amide bonds. The van der Waals surface area contributed by atoms with Gasteiger partial charge >= 0.3 is 0 Å². The van der Waals surface area contributed by atoms with Gasteiger partial charge in [-0.15, -0.1) is 0 Å². The van der Waals surface area contributed by atoms with E-state index in [1.54, 1.807) is 12.1 Å². The third-order valence-corrected chi connectivity index (χ3v) is 2.43. The van der Waals surface area contributed by atoms with E-state index >= 15 is 0 Å². The molecular formula is C13H20FN. The fraction of sp³-hybridized carbons (Fsp3) is 0.538. The molecule has 15 heavy (non-hydrogen) atoms. The third-order valence-electron chi connectivity index (χ3n) is 2.43. The summed E-state index contributed by atoms with van der Waals surface area (Å²) >= 11 is 0. The number of rotatable bonds is 4. The van der Waals surface area contributed by atoms with E-state index in [2.05, 4.69) is 26.1 Å². The third kappa shape index (κ3) is 3.90. The van der Waals surface area contributed by atoms with E-state index in [9.17, 15) is 4.39 Å². The largest absolute Gasteiger partial charge is 0.382 e. The van der Waals surface area contributed by atoms with Crippen LogP contribution in [0.5, 0.6) is 0 Å². The van der Waals surface area contributed by atoms with Crippen LogP contribution in [0.1, 0.15) is 32.8 Å². The highest BCUT2D eigenvalue weighted by Gasteiger charge is 2.07. The van der Waals surface area contributed by atoms with Crippen molar-refractivity contribution in [2.75, 3.05) is 5.32 Å². The molecule has 0 aliphatic heterocycles. The molecule has 0 saturated heterocycles. The van der Waals surface area contributed by atoms with Crippen LogP contribution in [0.25, 0.3) is 0 Å². The van der Waals surface area contributed by atoms with E-state index in [1.807, 2.05) is 6.92 Å². The first-order chi connectivity index (χ1) is 6.99. The molecule has 1 nitrogen and oxygen atoms in total. The Bertz CT molecular complexity index is 320. The topological polar surface area (TPSA) is 12.0 Å². The van der Waals surface area contributed by atoms with Crippen LogP contribution in [-0.4, -0.2) is 6.04 Å². The standard InChI is InChI=1S/C13H20FN/c1-9(2)7-11(4)15-13-8-12(14)6-5-10(13)3/h5-6,8-9,11,15H,7H2,1-4H3. The second-order valence-electron chi connectivity index (χ2n) is 4.63.